The van der Waals surface area contributed by atoms with Gasteiger partial charge < -0.3 is 25.0 Å². The minimum Gasteiger partial charge on any atom is -0.378 e. The Balaban J connectivity index is 1.76. The Morgan fingerprint density at radius 1 is 0.857 bits per heavy atom. The first-order chi connectivity index (χ1) is 13.7. The summed E-state index contributed by atoms with van der Waals surface area (Å²) in [5, 5.41) is 0. The number of nitrogens with zero attached hydrogens (tertiary/aromatic N) is 6. The monoisotopic (exact) mass is 385 g/mol. The summed E-state index contributed by atoms with van der Waals surface area (Å²) in [5.74, 6) is 1.23. The second-order valence-electron chi connectivity index (χ2n) is 6.44. The molecule has 28 heavy (non-hydrogen) atoms. The highest BCUT2D eigenvalue weighted by Crippen LogP contribution is 2.26. The lowest BCUT2D eigenvalue weighted by atomic mass is 10.3. The van der Waals surface area contributed by atoms with Gasteiger partial charge in [-0.15, -0.1) is 0 Å². The number of aromatic nitrogens is 3. The van der Waals surface area contributed by atoms with Gasteiger partial charge in [0.1, 0.15) is 0 Å². The van der Waals surface area contributed by atoms with Gasteiger partial charge in [0.25, 0.3) is 0 Å². The fraction of sp³-hybridized carbons (Fsp3) is 0.444. The molecule has 0 saturated carbocycles. The maximum absolute atomic E-state index is 12.3. The number of hydrogen-bond acceptors (Lipinski definition) is 8. The summed E-state index contributed by atoms with van der Waals surface area (Å²) in [6, 6.07) is 8.46. The highest BCUT2D eigenvalue weighted by atomic mass is 16.5. The van der Waals surface area contributed by atoms with Gasteiger partial charge in [-0.3, -0.25) is 0 Å². The van der Waals surface area contributed by atoms with Gasteiger partial charge in [0, 0.05) is 26.2 Å². The minimum atomic E-state index is -0.654. The van der Waals surface area contributed by atoms with Gasteiger partial charge in [-0.2, -0.15) is 15.0 Å². The van der Waals surface area contributed by atoms with Crippen LogP contribution in [0.4, 0.5) is 28.3 Å². The maximum Gasteiger partial charge on any atom is 0.326 e. The molecule has 1 aromatic carbocycles. The number of nitrogens with two attached hydrogens (primary N) is 1. The normalized spacial score (nSPS) is 17.4. The van der Waals surface area contributed by atoms with E-state index in [1.807, 2.05) is 28.0 Å². The number of ether oxygens (including phenoxy) is 2. The van der Waals surface area contributed by atoms with Crippen LogP contribution in [-0.2, 0) is 9.47 Å². The van der Waals surface area contributed by atoms with Crippen LogP contribution in [-0.4, -0.2) is 73.6 Å². The van der Waals surface area contributed by atoms with Crippen molar-refractivity contribution >= 4 is 29.6 Å². The van der Waals surface area contributed by atoms with Gasteiger partial charge in [-0.05, 0) is 12.1 Å². The van der Waals surface area contributed by atoms with Crippen molar-refractivity contribution in [2.24, 2.45) is 5.73 Å². The van der Waals surface area contributed by atoms with E-state index >= 15 is 0 Å². The largest absolute Gasteiger partial charge is 0.378 e. The van der Waals surface area contributed by atoms with Crippen molar-refractivity contribution in [2.45, 2.75) is 0 Å². The molecule has 2 aliphatic heterocycles. The molecule has 2 aliphatic rings. The van der Waals surface area contributed by atoms with Crippen molar-refractivity contribution < 1.29 is 14.3 Å². The van der Waals surface area contributed by atoms with Crippen molar-refractivity contribution in [1.82, 2.24) is 15.0 Å². The van der Waals surface area contributed by atoms with Crippen LogP contribution in [0.5, 0.6) is 0 Å². The van der Waals surface area contributed by atoms with Crippen molar-refractivity contribution in [3.05, 3.63) is 30.3 Å². The number of benzene rings is 1. The third kappa shape index (κ3) is 3.97. The second-order valence-corrected chi connectivity index (χ2v) is 6.44. The molecule has 1 aromatic heterocycles. The van der Waals surface area contributed by atoms with Crippen molar-refractivity contribution in [3.63, 3.8) is 0 Å². The van der Waals surface area contributed by atoms with Crippen LogP contribution in [0.15, 0.2) is 30.3 Å². The molecular formula is C18H23N7O3. The average molecular weight is 385 g/mol. The third-order valence-electron chi connectivity index (χ3n) is 4.62. The van der Waals surface area contributed by atoms with Gasteiger partial charge >= 0.3 is 6.03 Å². The Labute approximate surface area is 162 Å². The summed E-state index contributed by atoms with van der Waals surface area (Å²) in [6.45, 7) is 5.11. The van der Waals surface area contributed by atoms with E-state index in [1.54, 1.807) is 12.1 Å². The molecule has 2 fully saturated rings. The summed E-state index contributed by atoms with van der Waals surface area (Å²) in [4.78, 5) is 31.4. The van der Waals surface area contributed by atoms with Crippen LogP contribution in [0.3, 0.4) is 0 Å². The van der Waals surface area contributed by atoms with Crippen LogP contribution >= 0.6 is 0 Å². The smallest absolute Gasteiger partial charge is 0.326 e. The van der Waals surface area contributed by atoms with Crippen LogP contribution < -0.4 is 20.4 Å². The minimum absolute atomic E-state index is 0.205. The van der Waals surface area contributed by atoms with E-state index in [0.29, 0.717) is 70.2 Å². The predicted octanol–water partition coefficient (Wildman–Crippen LogP) is 0.762. The number of morpholine rings is 2. The van der Waals surface area contributed by atoms with Crippen LogP contribution in [0.1, 0.15) is 0 Å². The summed E-state index contributed by atoms with van der Waals surface area (Å²) < 4.78 is 10.9. The summed E-state index contributed by atoms with van der Waals surface area (Å²) in [7, 11) is 0. The molecule has 3 heterocycles. The Kier molecular flexibility index (Phi) is 5.49. The molecule has 10 nitrogen and oxygen atoms in total. The topological polar surface area (TPSA) is 110 Å². The summed E-state index contributed by atoms with van der Waals surface area (Å²) in [5.41, 5.74) is 6.28. The number of carbonyl (C=O) groups excluding carboxylic acids is 1. The lowest BCUT2D eigenvalue weighted by Crippen LogP contribution is -2.41. The number of anilines is 4. The van der Waals surface area contributed by atoms with Gasteiger partial charge in [0.2, 0.25) is 17.8 Å². The average Bonchev–Trinajstić information content (AvgIpc) is 2.75. The number of para-hydroxylation sites is 1. The number of rotatable bonds is 4. The molecule has 0 unspecified atom stereocenters. The van der Waals surface area contributed by atoms with Crippen molar-refractivity contribution in [3.8, 4) is 0 Å². The first kappa shape index (κ1) is 18.4. The number of urea groups is 1. The van der Waals surface area contributed by atoms with Gasteiger partial charge in [0.05, 0.1) is 32.1 Å². The molecular weight excluding hydrogens is 362 g/mol. The van der Waals surface area contributed by atoms with E-state index in [2.05, 4.69) is 15.0 Å². The highest BCUT2D eigenvalue weighted by molar-refractivity contribution is 5.96. The first-order valence-electron chi connectivity index (χ1n) is 9.28. The molecule has 2 saturated heterocycles. The van der Waals surface area contributed by atoms with Crippen molar-refractivity contribution in [1.29, 1.82) is 0 Å². The Hall–Kier alpha value is -2.98. The molecule has 0 radical (unpaired) electrons. The van der Waals surface area contributed by atoms with Crippen molar-refractivity contribution in [2.75, 3.05) is 67.3 Å². The second kappa shape index (κ2) is 8.36. The standard InChI is InChI=1S/C18H23N7O3/c19-15(26)25(14-4-2-1-3-5-14)18-21-16(23-6-10-27-11-7-23)20-17(22-18)24-8-12-28-13-9-24/h1-5H,6-13H2,(H2,19,26). The Bertz CT molecular complexity index is 772. The molecule has 0 spiro atoms. The van der Waals surface area contributed by atoms with Gasteiger partial charge in [-0.1, -0.05) is 18.2 Å². The molecule has 10 heteroatoms. The van der Waals surface area contributed by atoms with E-state index in [0.717, 1.165) is 0 Å². The fourth-order valence-electron chi connectivity index (χ4n) is 3.17. The summed E-state index contributed by atoms with van der Waals surface area (Å²) in [6.07, 6.45) is 0. The van der Waals surface area contributed by atoms with Gasteiger partial charge in [-0.25, -0.2) is 9.69 Å². The Morgan fingerprint density at radius 3 is 1.82 bits per heavy atom. The lowest BCUT2D eigenvalue weighted by molar-refractivity contribution is 0.121. The number of primary amides is 1. The fourth-order valence-corrected chi connectivity index (χ4v) is 3.17. The quantitative estimate of drug-likeness (QED) is 0.821. The zero-order chi connectivity index (χ0) is 19.3. The van der Waals surface area contributed by atoms with E-state index in [1.165, 1.54) is 4.90 Å². The zero-order valence-corrected chi connectivity index (χ0v) is 15.5. The molecule has 0 atom stereocenters. The van der Waals surface area contributed by atoms with Crippen LogP contribution in [0.25, 0.3) is 0 Å². The lowest BCUT2D eigenvalue weighted by Gasteiger charge is -2.31. The predicted molar refractivity (Wildman–Crippen MR) is 104 cm³/mol. The first-order valence-corrected chi connectivity index (χ1v) is 9.28. The molecule has 148 valence electrons. The number of carbonyl (C=O) groups is 1. The maximum atomic E-state index is 12.3. The van der Waals surface area contributed by atoms with Crippen LogP contribution in [0.2, 0.25) is 0 Å². The van der Waals surface area contributed by atoms with E-state index < -0.39 is 6.03 Å². The summed E-state index contributed by atoms with van der Waals surface area (Å²) >= 11 is 0. The number of hydrogen-bond donors (Lipinski definition) is 1. The molecule has 0 aliphatic carbocycles. The van der Waals surface area contributed by atoms with Crippen LogP contribution in [0, 0.1) is 0 Å². The molecule has 4 rings (SSSR count). The zero-order valence-electron chi connectivity index (χ0n) is 15.5. The van der Waals surface area contributed by atoms with E-state index in [4.69, 9.17) is 15.2 Å². The molecule has 2 aromatic rings. The molecule has 2 N–H and O–H groups in total. The molecule has 2 amide bonds. The van der Waals surface area contributed by atoms with Gasteiger partial charge in [0.15, 0.2) is 0 Å². The highest BCUT2D eigenvalue weighted by Gasteiger charge is 2.25. The van der Waals surface area contributed by atoms with E-state index in [-0.39, 0.29) is 5.95 Å². The number of amides is 2. The third-order valence-corrected chi connectivity index (χ3v) is 4.62. The molecule has 0 bridgehead atoms. The van der Waals surface area contributed by atoms with E-state index in [9.17, 15) is 4.79 Å². The Morgan fingerprint density at radius 2 is 1.36 bits per heavy atom. The SMILES string of the molecule is NC(=O)N(c1ccccc1)c1nc(N2CCOCC2)nc(N2CCOCC2)n1.